The molecule has 0 atom stereocenters. The highest BCUT2D eigenvalue weighted by atomic mass is 32.2. The van der Waals surface area contributed by atoms with Gasteiger partial charge in [-0.05, 0) is 37.1 Å². The maximum atomic E-state index is 12.6. The molecule has 0 radical (unpaired) electrons. The van der Waals surface area contributed by atoms with Gasteiger partial charge in [-0.15, -0.1) is 22.7 Å². The van der Waals surface area contributed by atoms with Gasteiger partial charge in [0.15, 0.2) is 0 Å². The van der Waals surface area contributed by atoms with E-state index in [1.807, 2.05) is 19.9 Å². The molecular formula is C19H25N3O5S3. The predicted octanol–water partition coefficient (Wildman–Crippen LogP) is 1.75. The van der Waals surface area contributed by atoms with E-state index >= 15 is 0 Å². The van der Waals surface area contributed by atoms with E-state index in [1.54, 1.807) is 12.1 Å². The maximum Gasteiger partial charge on any atom is 0.261 e. The lowest BCUT2D eigenvalue weighted by molar-refractivity contribution is -0.120. The average Bonchev–Trinajstić information content (AvgIpc) is 3.38. The number of rotatable bonds is 8. The molecule has 0 unspecified atom stereocenters. The number of carbonyl (C=O) groups is 2. The third-order valence-corrected chi connectivity index (χ3v) is 9.47. The first-order valence-corrected chi connectivity index (χ1v) is 12.7. The summed E-state index contributed by atoms with van der Waals surface area (Å²) >= 11 is 2.57. The van der Waals surface area contributed by atoms with Crippen LogP contribution >= 0.6 is 22.7 Å². The van der Waals surface area contributed by atoms with Crippen LogP contribution in [0, 0.1) is 6.92 Å². The standard InChI is InChI=1S/C19H25N3O5S3/c1-3-15-13(2)10-16(29-15)19(24)21-12-17(23)20-11-14-4-5-18(28-14)30(25,26)22-6-8-27-9-7-22/h4-5,10H,3,6-9,11-12H2,1-2H3,(H,20,23)(H,21,24). The van der Waals surface area contributed by atoms with Crippen molar-refractivity contribution < 1.29 is 22.7 Å². The van der Waals surface area contributed by atoms with Gasteiger partial charge in [-0.2, -0.15) is 4.31 Å². The monoisotopic (exact) mass is 471 g/mol. The predicted molar refractivity (Wildman–Crippen MR) is 117 cm³/mol. The maximum absolute atomic E-state index is 12.6. The molecule has 164 valence electrons. The highest BCUT2D eigenvalue weighted by Gasteiger charge is 2.27. The first kappa shape index (κ1) is 22.9. The molecule has 1 aliphatic rings. The van der Waals surface area contributed by atoms with Crippen molar-refractivity contribution in [2.75, 3.05) is 32.8 Å². The van der Waals surface area contributed by atoms with Crippen molar-refractivity contribution in [2.45, 2.75) is 31.0 Å². The molecule has 0 spiro atoms. The lowest BCUT2D eigenvalue weighted by atomic mass is 10.2. The number of nitrogens with zero attached hydrogens (tertiary/aromatic N) is 1. The molecule has 0 aromatic carbocycles. The van der Waals surface area contributed by atoms with E-state index in [4.69, 9.17) is 4.74 Å². The first-order valence-electron chi connectivity index (χ1n) is 9.62. The summed E-state index contributed by atoms with van der Waals surface area (Å²) in [7, 11) is -3.53. The van der Waals surface area contributed by atoms with Gasteiger partial charge in [-0.3, -0.25) is 9.59 Å². The summed E-state index contributed by atoms with van der Waals surface area (Å²) in [6.45, 7) is 5.54. The Kier molecular flexibility index (Phi) is 7.64. The normalized spacial score (nSPS) is 15.1. The van der Waals surface area contributed by atoms with Gasteiger partial charge >= 0.3 is 0 Å². The molecule has 2 N–H and O–H groups in total. The molecule has 0 bridgehead atoms. The Balaban J connectivity index is 1.48. The Morgan fingerprint density at radius 3 is 2.57 bits per heavy atom. The van der Waals surface area contributed by atoms with Crippen molar-refractivity contribution >= 4 is 44.5 Å². The van der Waals surface area contributed by atoms with Crippen LogP contribution in [0.1, 0.15) is 31.9 Å². The molecule has 1 aliphatic heterocycles. The van der Waals surface area contributed by atoms with Crippen LogP contribution in [0.15, 0.2) is 22.4 Å². The second-order valence-corrected chi connectivity index (χ2v) is 11.2. The van der Waals surface area contributed by atoms with E-state index in [1.165, 1.54) is 15.6 Å². The van der Waals surface area contributed by atoms with Gasteiger partial charge in [-0.1, -0.05) is 6.92 Å². The molecule has 3 rings (SSSR count). The first-order chi connectivity index (χ1) is 14.3. The second-order valence-electron chi connectivity index (χ2n) is 6.77. The van der Waals surface area contributed by atoms with Crippen molar-refractivity contribution in [2.24, 2.45) is 0 Å². The minimum atomic E-state index is -3.53. The van der Waals surface area contributed by atoms with Crippen LogP contribution in [0.3, 0.4) is 0 Å². The van der Waals surface area contributed by atoms with E-state index in [9.17, 15) is 18.0 Å². The van der Waals surface area contributed by atoms with Gasteiger partial charge < -0.3 is 15.4 Å². The lowest BCUT2D eigenvalue weighted by Gasteiger charge is -2.25. The van der Waals surface area contributed by atoms with Crippen LogP contribution < -0.4 is 10.6 Å². The Morgan fingerprint density at radius 1 is 1.17 bits per heavy atom. The third-order valence-electron chi connectivity index (χ3n) is 4.64. The van der Waals surface area contributed by atoms with Gasteiger partial charge in [-0.25, -0.2) is 8.42 Å². The van der Waals surface area contributed by atoms with Gasteiger partial charge in [0.05, 0.1) is 31.2 Å². The Labute approximate surface area is 184 Å². The SMILES string of the molecule is CCc1sc(C(=O)NCC(=O)NCc2ccc(S(=O)(=O)N3CCOCC3)s2)cc1C. The Morgan fingerprint density at radius 2 is 1.90 bits per heavy atom. The number of hydrogen-bond donors (Lipinski definition) is 2. The van der Waals surface area contributed by atoms with E-state index in [-0.39, 0.29) is 29.1 Å². The molecule has 2 amide bonds. The zero-order valence-electron chi connectivity index (χ0n) is 16.9. The summed E-state index contributed by atoms with van der Waals surface area (Å²) in [5.74, 6) is -0.605. The summed E-state index contributed by atoms with van der Waals surface area (Å²) in [6, 6.07) is 5.08. The van der Waals surface area contributed by atoms with Gasteiger partial charge in [0.2, 0.25) is 5.91 Å². The highest BCUT2D eigenvalue weighted by Crippen LogP contribution is 2.25. The molecule has 2 aromatic heterocycles. The summed E-state index contributed by atoms with van der Waals surface area (Å²) in [6.07, 6.45) is 0.869. The number of thiophene rings is 2. The Bertz CT molecular complexity index is 1010. The number of nitrogens with one attached hydrogen (secondary N) is 2. The molecule has 1 saturated heterocycles. The zero-order valence-corrected chi connectivity index (χ0v) is 19.3. The molecule has 30 heavy (non-hydrogen) atoms. The van der Waals surface area contributed by atoms with E-state index in [0.717, 1.165) is 33.1 Å². The number of hydrogen-bond acceptors (Lipinski definition) is 7. The smallest absolute Gasteiger partial charge is 0.261 e. The van der Waals surface area contributed by atoms with Crippen molar-refractivity contribution in [3.8, 4) is 0 Å². The van der Waals surface area contributed by atoms with Crippen molar-refractivity contribution in [3.05, 3.63) is 38.4 Å². The number of aryl methyl sites for hydroxylation is 2. The minimum Gasteiger partial charge on any atom is -0.379 e. The topological polar surface area (TPSA) is 105 Å². The quantitative estimate of drug-likeness (QED) is 0.610. The molecule has 8 nitrogen and oxygen atoms in total. The molecular weight excluding hydrogens is 446 g/mol. The molecule has 0 aliphatic carbocycles. The third kappa shape index (κ3) is 5.46. The molecule has 3 heterocycles. The second kappa shape index (κ2) is 10.0. The van der Waals surface area contributed by atoms with E-state index in [2.05, 4.69) is 10.6 Å². The number of carbonyl (C=O) groups excluding carboxylic acids is 2. The van der Waals surface area contributed by atoms with Crippen LogP contribution in [0.25, 0.3) is 0 Å². The van der Waals surface area contributed by atoms with Gasteiger partial charge in [0, 0.05) is 22.8 Å². The minimum absolute atomic E-state index is 0.137. The number of sulfonamides is 1. The summed E-state index contributed by atoms with van der Waals surface area (Å²) in [4.78, 5) is 26.8. The molecule has 2 aromatic rings. The van der Waals surface area contributed by atoms with E-state index < -0.39 is 10.0 Å². The van der Waals surface area contributed by atoms with Gasteiger partial charge in [0.25, 0.3) is 15.9 Å². The van der Waals surface area contributed by atoms with Crippen LogP contribution in [-0.4, -0.2) is 57.4 Å². The lowest BCUT2D eigenvalue weighted by Crippen LogP contribution is -2.40. The number of morpholine rings is 1. The Hall–Kier alpha value is -1.79. The van der Waals surface area contributed by atoms with Crippen LogP contribution in [0.4, 0.5) is 0 Å². The molecule has 0 saturated carbocycles. The average molecular weight is 472 g/mol. The van der Waals surface area contributed by atoms with Crippen LogP contribution in [-0.2, 0) is 32.5 Å². The molecule has 11 heteroatoms. The van der Waals surface area contributed by atoms with Crippen molar-refractivity contribution in [1.82, 2.24) is 14.9 Å². The number of amides is 2. The van der Waals surface area contributed by atoms with Crippen molar-refractivity contribution in [1.29, 1.82) is 0 Å². The summed E-state index contributed by atoms with van der Waals surface area (Å²) in [5, 5.41) is 5.33. The van der Waals surface area contributed by atoms with E-state index in [0.29, 0.717) is 31.2 Å². The summed E-state index contributed by atoms with van der Waals surface area (Å²) in [5.41, 5.74) is 1.08. The van der Waals surface area contributed by atoms with Gasteiger partial charge in [0.1, 0.15) is 4.21 Å². The fourth-order valence-electron chi connectivity index (χ4n) is 2.98. The largest absolute Gasteiger partial charge is 0.379 e. The molecule has 1 fully saturated rings. The number of ether oxygens (including phenoxy) is 1. The fourth-order valence-corrected chi connectivity index (χ4v) is 6.87. The highest BCUT2D eigenvalue weighted by molar-refractivity contribution is 7.91. The van der Waals surface area contributed by atoms with Crippen molar-refractivity contribution in [3.63, 3.8) is 0 Å². The summed E-state index contributed by atoms with van der Waals surface area (Å²) < 4.78 is 32.2. The fraction of sp³-hybridized carbons (Fsp3) is 0.474. The zero-order chi connectivity index (χ0) is 21.7. The van der Waals surface area contributed by atoms with Crippen LogP contribution in [0.2, 0.25) is 0 Å². The van der Waals surface area contributed by atoms with Crippen LogP contribution in [0.5, 0.6) is 0 Å².